The van der Waals surface area contributed by atoms with Crippen LogP contribution in [0.2, 0.25) is 15.1 Å². The summed E-state index contributed by atoms with van der Waals surface area (Å²) in [6, 6.07) is 28.7. The summed E-state index contributed by atoms with van der Waals surface area (Å²) in [5, 5.41) is 4.96. The van der Waals surface area contributed by atoms with Crippen molar-refractivity contribution in [1.82, 2.24) is 4.90 Å². The molecule has 0 radical (unpaired) electrons. The fraction of sp³-hybridized carbons (Fsp3) is 0.200. The van der Waals surface area contributed by atoms with Gasteiger partial charge in [-0.15, -0.1) is 0 Å². The number of halogens is 3. The lowest BCUT2D eigenvalue weighted by Crippen LogP contribution is -2.60. The van der Waals surface area contributed by atoms with Gasteiger partial charge in [0, 0.05) is 43.9 Å². The minimum Gasteiger partial charge on any atom is -0.324 e. The lowest BCUT2D eigenvalue weighted by atomic mass is 9.56. The third-order valence-electron chi connectivity index (χ3n) is 9.76. The van der Waals surface area contributed by atoms with Gasteiger partial charge >= 0.3 is 0 Å². The van der Waals surface area contributed by atoms with Crippen LogP contribution in [0.25, 0.3) is 11.6 Å². The molecule has 4 aromatic rings. The maximum Gasteiger partial charge on any atom is 0.251 e. The van der Waals surface area contributed by atoms with E-state index in [1.54, 1.807) is 6.07 Å². The highest BCUT2D eigenvalue weighted by Crippen LogP contribution is 2.71. The molecule has 42 heavy (non-hydrogen) atoms. The summed E-state index contributed by atoms with van der Waals surface area (Å²) >= 11 is 19.2. The fourth-order valence-electron chi connectivity index (χ4n) is 8.43. The number of hydrogen-bond acceptors (Lipinski definition) is 3. The summed E-state index contributed by atoms with van der Waals surface area (Å²) in [6.45, 7) is 0.696. The van der Waals surface area contributed by atoms with E-state index in [0.717, 1.165) is 40.7 Å². The number of fused-ring (bicyclic) bond motifs is 7. The van der Waals surface area contributed by atoms with E-state index in [1.165, 1.54) is 0 Å². The summed E-state index contributed by atoms with van der Waals surface area (Å²) in [6.07, 6.45) is 3.73. The largest absolute Gasteiger partial charge is 0.324 e. The Labute approximate surface area is 258 Å². The van der Waals surface area contributed by atoms with Crippen molar-refractivity contribution in [1.29, 1.82) is 0 Å². The first-order chi connectivity index (χ1) is 20.4. The maximum absolute atomic E-state index is 15.6. The second-order valence-electron chi connectivity index (χ2n) is 11.6. The molecular formula is C35H25Cl3N2O2. The van der Waals surface area contributed by atoms with Crippen molar-refractivity contribution in [2.45, 2.75) is 35.8 Å². The Balaban J connectivity index is 1.50. The predicted molar refractivity (Wildman–Crippen MR) is 168 cm³/mol. The molecule has 1 amide bonds. The minimum absolute atomic E-state index is 0.0475. The van der Waals surface area contributed by atoms with Crippen LogP contribution >= 0.6 is 34.8 Å². The Morgan fingerprint density at radius 1 is 0.810 bits per heavy atom. The molecule has 208 valence electrons. The molecule has 4 nitrogen and oxygen atoms in total. The van der Waals surface area contributed by atoms with Crippen LogP contribution in [0.1, 0.15) is 46.6 Å². The summed E-state index contributed by atoms with van der Waals surface area (Å²) in [7, 11) is 0. The van der Waals surface area contributed by atoms with Crippen molar-refractivity contribution >= 4 is 63.8 Å². The molecule has 1 aliphatic carbocycles. The van der Waals surface area contributed by atoms with Gasteiger partial charge in [-0.1, -0.05) is 83.3 Å². The average Bonchev–Trinajstić information content (AvgIpc) is 3.70. The van der Waals surface area contributed by atoms with E-state index in [-0.39, 0.29) is 23.7 Å². The van der Waals surface area contributed by atoms with Gasteiger partial charge in [-0.05, 0) is 90.2 Å². The van der Waals surface area contributed by atoms with E-state index in [2.05, 4.69) is 10.2 Å². The zero-order valence-corrected chi connectivity index (χ0v) is 24.7. The monoisotopic (exact) mass is 610 g/mol. The molecule has 4 atom stereocenters. The standard InChI is InChI=1S/C35H25Cl3N2O2/c36-22-11-7-20(8-12-22)18-26-25-4-1-2-5-27(25)34(32(26)41)31(21-9-13-23(37)14-10-21)30-6-3-17-40(30)35(34)28-19-24(38)15-16-29(28)39-33(35)42/h1-2,4-5,7-16,18-19,30-31H,3,6,17H2,(H,39,42)/b26-18+/t30?,31-,34-,35+/m0/s1. The van der Waals surface area contributed by atoms with Gasteiger partial charge in [0.2, 0.25) is 0 Å². The van der Waals surface area contributed by atoms with Crippen LogP contribution in [0.15, 0.2) is 91.0 Å². The van der Waals surface area contributed by atoms with Gasteiger partial charge < -0.3 is 5.32 Å². The minimum atomic E-state index is -1.29. The molecule has 0 saturated carbocycles. The number of carbonyl (C=O) groups is 2. The highest BCUT2D eigenvalue weighted by molar-refractivity contribution is 6.37. The number of carbonyl (C=O) groups excluding carboxylic acids is 2. The molecule has 3 heterocycles. The van der Waals surface area contributed by atoms with Crippen LogP contribution in [-0.2, 0) is 20.5 Å². The maximum atomic E-state index is 15.6. The van der Waals surface area contributed by atoms with Crippen LogP contribution in [0, 0.1) is 0 Å². The Hall–Kier alpha value is -3.41. The van der Waals surface area contributed by atoms with E-state index in [9.17, 15) is 4.79 Å². The predicted octanol–water partition coefficient (Wildman–Crippen LogP) is 8.12. The summed E-state index contributed by atoms with van der Waals surface area (Å²) in [5.74, 6) is -0.548. The third kappa shape index (κ3) is 3.24. The van der Waals surface area contributed by atoms with Gasteiger partial charge in [0.1, 0.15) is 5.54 Å². The van der Waals surface area contributed by atoms with Crippen LogP contribution < -0.4 is 5.32 Å². The number of nitrogens with zero attached hydrogens (tertiary/aromatic N) is 1. The van der Waals surface area contributed by atoms with Crippen LogP contribution in [0.4, 0.5) is 5.69 Å². The topological polar surface area (TPSA) is 49.4 Å². The molecule has 3 aliphatic heterocycles. The first kappa shape index (κ1) is 26.2. The molecule has 0 bridgehead atoms. The van der Waals surface area contributed by atoms with E-state index in [0.29, 0.717) is 32.9 Å². The number of ketones is 1. The Morgan fingerprint density at radius 3 is 2.26 bits per heavy atom. The molecule has 7 heteroatoms. The molecule has 2 spiro atoms. The molecule has 2 saturated heterocycles. The van der Waals surface area contributed by atoms with E-state index in [4.69, 9.17) is 34.8 Å². The zero-order chi connectivity index (χ0) is 28.8. The number of Topliss-reactive ketones (excluding diaryl/α,β-unsaturated/α-hetero) is 1. The van der Waals surface area contributed by atoms with E-state index >= 15 is 4.79 Å². The normalized spacial score (nSPS) is 28.5. The van der Waals surface area contributed by atoms with Crippen molar-refractivity contribution in [2.24, 2.45) is 0 Å². The van der Waals surface area contributed by atoms with Crippen molar-refractivity contribution in [2.75, 3.05) is 11.9 Å². The quantitative estimate of drug-likeness (QED) is 0.233. The van der Waals surface area contributed by atoms with Crippen molar-refractivity contribution in [3.05, 3.63) is 134 Å². The van der Waals surface area contributed by atoms with Crippen LogP contribution in [0.5, 0.6) is 0 Å². The summed E-state index contributed by atoms with van der Waals surface area (Å²) < 4.78 is 0. The number of allylic oxidation sites excluding steroid dienone is 1. The van der Waals surface area contributed by atoms with Gasteiger partial charge in [0.05, 0.1) is 5.41 Å². The first-order valence-electron chi connectivity index (χ1n) is 14.1. The molecule has 4 aliphatic rings. The molecular weight excluding hydrogens is 587 g/mol. The SMILES string of the molecule is O=C1/C(=C/c2ccc(Cl)cc2)c2ccccc2[C@]12[C@@H](c1ccc(Cl)cc1)C1CCCN1[C@]21C(=O)Nc2ccc(Cl)cc21. The molecule has 0 aromatic heterocycles. The summed E-state index contributed by atoms with van der Waals surface area (Å²) in [5.41, 5.74) is 3.09. The number of hydrogen-bond donors (Lipinski definition) is 1. The number of amides is 1. The van der Waals surface area contributed by atoms with Gasteiger partial charge in [-0.3, -0.25) is 14.5 Å². The number of benzene rings is 4. The highest BCUT2D eigenvalue weighted by Gasteiger charge is 2.80. The molecule has 8 rings (SSSR count). The average molecular weight is 612 g/mol. The van der Waals surface area contributed by atoms with Crippen molar-refractivity contribution in [3.8, 4) is 0 Å². The molecule has 4 aromatic carbocycles. The summed E-state index contributed by atoms with van der Waals surface area (Å²) in [4.78, 5) is 32.6. The first-order valence-corrected chi connectivity index (χ1v) is 15.3. The van der Waals surface area contributed by atoms with Gasteiger partial charge in [0.15, 0.2) is 5.78 Å². The van der Waals surface area contributed by atoms with Gasteiger partial charge in [-0.25, -0.2) is 0 Å². The molecule has 2 fully saturated rings. The third-order valence-corrected chi connectivity index (χ3v) is 10.5. The van der Waals surface area contributed by atoms with Crippen molar-refractivity contribution < 1.29 is 9.59 Å². The fourth-order valence-corrected chi connectivity index (χ4v) is 8.85. The lowest BCUT2D eigenvalue weighted by Gasteiger charge is -2.45. The van der Waals surface area contributed by atoms with Crippen molar-refractivity contribution in [3.63, 3.8) is 0 Å². The second kappa shape index (κ2) is 9.29. The molecule has 1 unspecified atom stereocenters. The zero-order valence-electron chi connectivity index (χ0n) is 22.4. The van der Waals surface area contributed by atoms with Crippen LogP contribution in [0.3, 0.4) is 0 Å². The highest BCUT2D eigenvalue weighted by atomic mass is 35.5. The van der Waals surface area contributed by atoms with Crippen LogP contribution in [-0.4, -0.2) is 29.2 Å². The Kier molecular flexibility index (Phi) is 5.80. The van der Waals surface area contributed by atoms with Gasteiger partial charge in [-0.2, -0.15) is 0 Å². The number of rotatable bonds is 2. The number of nitrogens with one attached hydrogen (secondary N) is 1. The Morgan fingerprint density at radius 2 is 1.50 bits per heavy atom. The number of anilines is 1. The molecule has 1 N–H and O–H groups in total. The second-order valence-corrected chi connectivity index (χ2v) is 12.9. The smallest absolute Gasteiger partial charge is 0.251 e. The van der Waals surface area contributed by atoms with E-state index in [1.807, 2.05) is 91.0 Å². The Bertz CT molecular complexity index is 1830. The lowest BCUT2D eigenvalue weighted by molar-refractivity contribution is -0.136. The van der Waals surface area contributed by atoms with E-state index < -0.39 is 11.0 Å². The van der Waals surface area contributed by atoms with Gasteiger partial charge in [0.25, 0.3) is 5.91 Å².